The van der Waals surface area contributed by atoms with Crippen molar-refractivity contribution >= 4 is 45.4 Å². The third-order valence-electron chi connectivity index (χ3n) is 4.28. The largest absolute Gasteiger partial charge is 0.327 e. The van der Waals surface area contributed by atoms with Gasteiger partial charge >= 0.3 is 0 Å². The van der Waals surface area contributed by atoms with Crippen molar-refractivity contribution in [1.29, 1.82) is 0 Å². The van der Waals surface area contributed by atoms with Crippen LogP contribution in [-0.2, 0) is 11.8 Å². The highest BCUT2D eigenvalue weighted by atomic mass is 32.2. The predicted molar refractivity (Wildman–Crippen MR) is 104 cm³/mol. The number of fused-ring (bicyclic) bond motifs is 3. The van der Waals surface area contributed by atoms with Gasteiger partial charge in [-0.15, -0.1) is 10.2 Å². The number of benzene rings is 2. The molecule has 6 nitrogen and oxygen atoms in total. The minimum absolute atomic E-state index is 0.104. The van der Waals surface area contributed by atoms with Crippen LogP contribution >= 0.6 is 11.8 Å². The molecule has 2 aromatic heterocycles. The molecule has 0 aliphatic carbocycles. The number of hydrogen-bond acceptors (Lipinski definition) is 5. The van der Waals surface area contributed by atoms with Crippen LogP contribution in [0.15, 0.2) is 47.6 Å². The van der Waals surface area contributed by atoms with Crippen LogP contribution in [0.25, 0.3) is 22.1 Å². The minimum Gasteiger partial charge on any atom is -0.327 e. The first-order chi connectivity index (χ1) is 13.0. The van der Waals surface area contributed by atoms with Crippen LogP contribution in [0, 0.1) is 12.7 Å². The number of anilines is 1. The smallest absolute Gasteiger partial charge is 0.234 e. The van der Waals surface area contributed by atoms with E-state index in [0.29, 0.717) is 16.4 Å². The first-order valence-electron chi connectivity index (χ1n) is 8.29. The number of carbonyl (C=O) groups excluding carboxylic acids is 1. The Labute approximate surface area is 158 Å². The summed E-state index contributed by atoms with van der Waals surface area (Å²) in [6.45, 7) is 1.67. The Morgan fingerprint density at radius 1 is 1.22 bits per heavy atom. The quantitative estimate of drug-likeness (QED) is 0.546. The van der Waals surface area contributed by atoms with Gasteiger partial charge in [0.15, 0.2) is 5.65 Å². The molecule has 0 saturated heterocycles. The van der Waals surface area contributed by atoms with E-state index in [1.807, 2.05) is 35.9 Å². The molecule has 136 valence electrons. The molecule has 2 aromatic carbocycles. The summed E-state index contributed by atoms with van der Waals surface area (Å²) >= 11 is 1.18. The van der Waals surface area contributed by atoms with E-state index in [1.54, 1.807) is 19.1 Å². The Balaban J connectivity index is 1.50. The van der Waals surface area contributed by atoms with E-state index < -0.39 is 0 Å². The molecule has 0 atom stereocenters. The monoisotopic (exact) mass is 381 g/mol. The third-order valence-corrected chi connectivity index (χ3v) is 5.11. The highest BCUT2D eigenvalue weighted by Gasteiger charge is 2.13. The number of nitrogens with zero attached hydrogens (tertiary/aromatic N) is 4. The number of thioether (sulfide) groups is 1. The van der Waals surface area contributed by atoms with Crippen LogP contribution in [0.4, 0.5) is 10.1 Å². The van der Waals surface area contributed by atoms with Gasteiger partial charge in [0.1, 0.15) is 11.3 Å². The molecule has 2 heterocycles. The van der Waals surface area contributed by atoms with Gasteiger partial charge in [-0.2, -0.15) is 0 Å². The molecule has 4 aromatic rings. The van der Waals surface area contributed by atoms with Crippen molar-refractivity contribution in [2.24, 2.45) is 7.05 Å². The first kappa shape index (κ1) is 17.4. The van der Waals surface area contributed by atoms with Crippen molar-refractivity contribution < 1.29 is 9.18 Å². The van der Waals surface area contributed by atoms with Gasteiger partial charge in [0.2, 0.25) is 11.1 Å². The van der Waals surface area contributed by atoms with E-state index >= 15 is 0 Å². The number of aromatic nitrogens is 4. The average molecular weight is 381 g/mol. The van der Waals surface area contributed by atoms with Crippen LogP contribution < -0.4 is 5.32 Å². The maximum absolute atomic E-state index is 13.6. The Morgan fingerprint density at radius 3 is 2.85 bits per heavy atom. The normalized spacial score (nSPS) is 11.2. The van der Waals surface area contributed by atoms with E-state index in [2.05, 4.69) is 20.5 Å². The first-order valence-corrected chi connectivity index (χ1v) is 9.28. The molecular formula is C19H16FN5OS. The summed E-state index contributed by atoms with van der Waals surface area (Å²) in [5.41, 5.74) is 3.43. The topological polar surface area (TPSA) is 72.7 Å². The fourth-order valence-corrected chi connectivity index (χ4v) is 3.43. The summed E-state index contributed by atoms with van der Waals surface area (Å²) in [5.74, 6) is -0.509. The van der Waals surface area contributed by atoms with E-state index in [0.717, 1.165) is 22.1 Å². The molecule has 0 radical (unpaired) electrons. The maximum atomic E-state index is 13.6. The fourth-order valence-electron chi connectivity index (χ4n) is 2.85. The molecule has 27 heavy (non-hydrogen) atoms. The summed E-state index contributed by atoms with van der Waals surface area (Å²) in [4.78, 5) is 16.6. The molecule has 0 unspecified atom stereocenters. The van der Waals surface area contributed by atoms with Gasteiger partial charge in [-0.25, -0.2) is 9.37 Å². The van der Waals surface area contributed by atoms with Crippen LogP contribution in [0.3, 0.4) is 0 Å². The van der Waals surface area contributed by atoms with Crippen LogP contribution in [-0.4, -0.2) is 31.4 Å². The van der Waals surface area contributed by atoms with Gasteiger partial charge in [0.25, 0.3) is 0 Å². The second-order valence-corrected chi connectivity index (χ2v) is 7.09. The Kier molecular flexibility index (Phi) is 4.49. The van der Waals surface area contributed by atoms with Gasteiger partial charge in [0.05, 0.1) is 11.3 Å². The summed E-state index contributed by atoms with van der Waals surface area (Å²) in [6, 6.07) is 12.5. The number of carbonyl (C=O) groups is 1. The lowest BCUT2D eigenvalue weighted by atomic mass is 10.2. The SMILES string of the molecule is Cc1ccc(NC(=O)CSc2nnc3c4ccccc4n(C)c3n2)cc1F. The van der Waals surface area contributed by atoms with Crippen LogP contribution in [0.2, 0.25) is 0 Å². The molecule has 0 aliphatic rings. The van der Waals surface area contributed by atoms with Gasteiger partial charge in [-0.05, 0) is 30.7 Å². The minimum atomic E-state index is -0.353. The average Bonchev–Trinajstić information content (AvgIpc) is 2.96. The number of rotatable bonds is 4. The highest BCUT2D eigenvalue weighted by molar-refractivity contribution is 7.99. The van der Waals surface area contributed by atoms with Crippen LogP contribution in [0.5, 0.6) is 0 Å². The van der Waals surface area contributed by atoms with Gasteiger partial charge < -0.3 is 9.88 Å². The van der Waals surface area contributed by atoms with E-state index in [-0.39, 0.29) is 17.5 Å². The Hall–Kier alpha value is -3.00. The summed E-state index contributed by atoms with van der Waals surface area (Å²) in [7, 11) is 1.92. The third kappa shape index (κ3) is 3.35. The molecule has 0 aliphatic heterocycles. The molecule has 0 bridgehead atoms. The van der Waals surface area contributed by atoms with Crippen molar-refractivity contribution in [3.8, 4) is 0 Å². The maximum Gasteiger partial charge on any atom is 0.234 e. The fraction of sp³-hybridized carbons (Fsp3) is 0.158. The van der Waals surface area contributed by atoms with Gasteiger partial charge in [0, 0.05) is 18.1 Å². The zero-order valence-corrected chi connectivity index (χ0v) is 15.5. The number of nitrogens with one attached hydrogen (secondary N) is 1. The van der Waals surface area contributed by atoms with Crippen LogP contribution in [0.1, 0.15) is 5.56 Å². The van der Waals surface area contributed by atoms with E-state index in [4.69, 9.17) is 0 Å². The molecule has 4 rings (SSSR count). The van der Waals surface area contributed by atoms with Gasteiger partial charge in [-0.3, -0.25) is 4.79 Å². The van der Waals surface area contributed by atoms with Crippen molar-refractivity contribution in [1.82, 2.24) is 19.7 Å². The molecule has 0 spiro atoms. The zero-order valence-electron chi connectivity index (χ0n) is 14.7. The second kappa shape index (κ2) is 6.96. The second-order valence-electron chi connectivity index (χ2n) is 6.14. The van der Waals surface area contributed by atoms with Crippen molar-refractivity contribution in [3.63, 3.8) is 0 Å². The molecular weight excluding hydrogens is 365 g/mol. The zero-order chi connectivity index (χ0) is 19.0. The summed E-state index contributed by atoms with van der Waals surface area (Å²) in [5, 5.41) is 12.5. The Bertz CT molecular complexity index is 1170. The molecule has 1 N–H and O–H groups in total. The lowest BCUT2D eigenvalue weighted by Crippen LogP contribution is -2.14. The number of hydrogen-bond donors (Lipinski definition) is 1. The van der Waals surface area contributed by atoms with Crippen molar-refractivity contribution in [3.05, 3.63) is 53.8 Å². The van der Waals surface area contributed by atoms with Gasteiger partial charge in [-0.1, -0.05) is 36.0 Å². The molecule has 0 saturated carbocycles. The molecule has 8 heteroatoms. The predicted octanol–water partition coefficient (Wildman–Crippen LogP) is 3.69. The number of halogens is 1. The summed E-state index contributed by atoms with van der Waals surface area (Å²) < 4.78 is 15.5. The number of amides is 1. The number of aryl methyl sites for hydroxylation is 2. The van der Waals surface area contributed by atoms with Crippen molar-refractivity contribution in [2.75, 3.05) is 11.1 Å². The van der Waals surface area contributed by atoms with E-state index in [1.165, 1.54) is 17.8 Å². The standard InChI is InChI=1S/C19H16FN5OS/c1-11-7-8-12(9-14(11)20)21-16(26)10-27-19-22-18-17(23-24-19)13-5-3-4-6-15(13)25(18)2/h3-9H,10H2,1-2H3,(H,21,26). The van der Waals surface area contributed by atoms with E-state index in [9.17, 15) is 9.18 Å². The number of para-hydroxylation sites is 1. The lowest BCUT2D eigenvalue weighted by Gasteiger charge is -2.06. The molecule has 0 fully saturated rings. The highest BCUT2D eigenvalue weighted by Crippen LogP contribution is 2.26. The molecule has 1 amide bonds. The van der Waals surface area contributed by atoms with Crippen molar-refractivity contribution in [2.45, 2.75) is 12.1 Å². The lowest BCUT2D eigenvalue weighted by molar-refractivity contribution is -0.113. The summed E-state index contributed by atoms with van der Waals surface area (Å²) in [6.07, 6.45) is 0. The Morgan fingerprint density at radius 2 is 2.04 bits per heavy atom.